The fourth-order valence-corrected chi connectivity index (χ4v) is 2.59. The summed E-state index contributed by atoms with van der Waals surface area (Å²) in [5, 5.41) is 0. The van der Waals surface area contributed by atoms with Gasteiger partial charge in [0.05, 0.1) is 18.9 Å². The van der Waals surface area contributed by atoms with Crippen molar-refractivity contribution in [1.29, 1.82) is 0 Å². The molecule has 0 aliphatic carbocycles. The molecule has 0 saturated heterocycles. The highest BCUT2D eigenvalue weighted by molar-refractivity contribution is 7.09. The minimum Gasteiger partial charge on any atom is -0.490 e. The third-order valence-electron chi connectivity index (χ3n) is 2.66. The number of aromatic amines is 1. The Hall–Kier alpha value is -1.75. The van der Waals surface area contributed by atoms with Crippen LogP contribution < -0.4 is 14.3 Å². The molecule has 0 bridgehead atoms. The van der Waals surface area contributed by atoms with Crippen molar-refractivity contribution in [3.8, 4) is 22.8 Å². The fourth-order valence-electron chi connectivity index (χ4n) is 1.89. The summed E-state index contributed by atoms with van der Waals surface area (Å²) >= 11 is 1.21. The second-order valence-corrected chi connectivity index (χ2v) is 5.16. The van der Waals surface area contributed by atoms with E-state index in [9.17, 15) is 4.79 Å². The molecule has 2 aromatic rings. The summed E-state index contributed by atoms with van der Waals surface area (Å²) in [5.41, 5.74) is 1.78. The molecule has 102 valence electrons. The van der Waals surface area contributed by atoms with Crippen molar-refractivity contribution < 1.29 is 9.47 Å². The Kier molecular flexibility index (Phi) is 4.27. The van der Waals surface area contributed by atoms with E-state index in [0.29, 0.717) is 19.0 Å². The maximum Gasteiger partial charge on any atom is 0.305 e. The van der Waals surface area contributed by atoms with Crippen LogP contribution in [0.3, 0.4) is 0 Å². The summed E-state index contributed by atoms with van der Waals surface area (Å²) in [4.78, 5) is 15.1. The Balaban J connectivity index is 2.45. The van der Waals surface area contributed by atoms with Crippen LogP contribution in [0.1, 0.15) is 18.7 Å². The van der Waals surface area contributed by atoms with Crippen molar-refractivity contribution >= 4 is 11.3 Å². The van der Waals surface area contributed by atoms with E-state index in [1.807, 2.05) is 39.0 Å². The van der Waals surface area contributed by atoms with Crippen LogP contribution >= 0.6 is 11.3 Å². The van der Waals surface area contributed by atoms with Gasteiger partial charge in [0, 0.05) is 10.4 Å². The topological polar surface area (TPSA) is 51.3 Å². The van der Waals surface area contributed by atoms with E-state index in [2.05, 4.69) is 4.98 Å². The Morgan fingerprint density at radius 3 is 2.42 bits per heavy atom. The van der Waals surface area contributed by atoms with E-state index >= 15 is 0 Å². The molecule has 0 aliphatic heterocycles. The number of ether oxygens (including phenoxy) is 2. The number of thiazole rings is 1. The van der Waals surface area contributed by atoms with Crippen molar-refractivity contribution in [2.45, 2.75) is 20.8 Å². The van der Waals surface area contributed by atoms with Crippen LogP contribution in [0.15, 0.2) is 23.0 Å². The van der Waals surface area contributed by atoms with Crippen LogP contribution in [0.2, 0.25) is 0 Å². The molecule has 0 fully saturated rings. The maximum absolute atomic E-state index is 11.4. The van der Waals surface area contributed by atoms with Crippen LogP contribution in [-0.2, 0) is 0 Å². The van der Waals surface area contributed by atoms with Crippen LogP contribution in [-0.4, -0.2) is 18.2 Å². The third kappa shape index (κ3) is 2.98. The summed E-state index contributed by atoms with van der Waals surface area (Å²) in [5.74, 6) is 1.43. The van der Waals surface area contributed by atoms with Crippen LogP contribution in [0.4, 0.5) is 0 Å². The van der Waals surface area contributed by atoms with Gasteiger partial charge in [0.15, 0.2) is 11.5 Å². The van der Waals surface area contributed by atoms with Crippen molar-refractivity contribution in [2.24, 2.45) is 0 Å². The molecule has 1 N–H and O–H groups in total. The van der Waals surface area contributed by atoms with Gasteiger partial charge >= 0.3 is 4.87 Å². The number of aromatic nitrogens is 1. The Morgan fingerprint density at radius 2 is 1.84 bits per heavy atom. The molecular formula is C14H17NO3S. The minimum atomic E-state index is -0.0423. The van der Waals surface area contributed by atoms with Crippen molar-refractivity contribution in [2.75, 3.05) is 13.2 Å². The number of H-pyrrole nitrogens is 1. The molecule has 19 heavy (non-hydrogen) atoms. The third-order valence-corrected chi connectivity index (χ3v) is 3.45. The lowest BCUT2D eigenvalue weighted by Crippen LogP contribution is -1.99. The van der Waals surface area contributed by atoms with Gasteiger partial charge in [-0.25, -0.2) is 0 Å². The van der Waals surface area contributed by atoms with Gasteiger partial charge in [-0.05, 0) is 39.0 Å². The summed E-state index contributed by atoms with van der Waals surface area (Å²) in [7, 11) is 0. The molecule has 0 unspecified atom stereocenters. The lowest BCUT2D eigenvalue weighted by atomic mass is 10.1. The van der Waals surface area contributed by atoms with Crippen molar-refractivity contribution in [1.82, 2.24) is 4.98 Å². The number of aryl methyl sites for hydroxylation is 1. The first kappa shape index (κ1) is 13.7. The number of hydrogen-bond donors (Lipinski definition) is 1. The molecule has 2 rings (SSSR count). The minimum absolute atomic E-state index is 0.0423. The molecule has 1 aromatic carbocycles. The fraction of sp³-hybridized carbons (Fsp3) is 0.357. The average molecular weight is 279 g/mol. The van der Waals surface area contributed by atoms with Gasteiger partial charge in [-0.15, -0.1) is 0 Å². The maximum atomic E-state index is 11.4. The summed E-state index contributed by atoms with van der Waals surface area (Å²) < 4.78 is 11.1. The largest absolute Gasteiger partial charge is 0.490 e. The van der Waals surface area contributed by atoms with Crippen LogP contribution in [0.5, 0.6) is 11.5 Å². The highest BCUT2D eigenvalue weighted by Crippen LogP contribution is 2.33. The molecule has 0 amide bonds. The Bertz CT molecular complexity index is 615. The highest BCUT2D eigenvalue weighted by Gasteiger charge is 2.11. The zero-order valence-electron chi connectivity index (χ0n) is 11.3. The standard InChI is InChI=1S/C14H17NO3S/c1-4-17-11-7-6-10(8-12(11)18-5-2)13-9(3)19-14(16)15-13/h6-8H,4-5H2,1-3H3,(H,15,16). The predicted molar refractivity (Wildman–Crippen MR) is 77.5 cm³/mol. The number of hydrogen-bond acceptors (Lipinski definition) is 4. The quantitative estimate of drug-likeness (QED) is 0.914. The van der Waals surface area contributed by atoms with Crippen molar-refractivity contribution in [3.05, 3.63) is 32.7 Å². The SMILES string of the molecule is CCOc1ccc(-c2[nH]c(=O)sc2C)cc1OCC. The molecule has 1 aromatic heterocycles. The molecule has 0 spiro atoms. The zero-order chi connectivity index (χ0) is 13.8. The van der Waals surface area contributed by atoms with E-state index in [1.165, 1.54) is 11.3 Å². The van der Waals surface area contributed by atoms with Crippen LogP contribution in [0, 0.1) is 6.92 Å². The molecule has 1 heterocycles. The van der Waals surface area contributed by atoms with E-state index in [4.69, 9.17) is 9.47 Å². The van der Waals surface area contributed by atoms with Gasteiger partial charge in [0.2, 0.25) is 0 Å². The van der Waals surface area contributed by atoms with Crippen molar-refractivity contribution in [3.63, 3.8) is 0 Å². The number of benzene rings is 1. The summed E-state index contributed by atoms with van der Waals surface area (Å²) in [6.45, 7) is 6.95. The number of nitrogens with one attached hydrogen (secondary N) is 1. The molecule has 0 saturated carbocycles. The van der Waals surface area contributed by atoms with E-state index in [-0.39, 0.29) is 4.87 Å². The summed E-state index contributed by atoms with van der Waals surface area (Å²) in [6, 6.07) is 5.71. The summed E-state index contributed by atoms with van der Waals surface area (Å²) in [6.07, 6.45) is 0. The van der Waals surface area contributed by atoms with Gasteiger partial charge in [-0.3, -0.25) is 4.79 Å². The predicted octanol–water partition coefficient (Wildman–Crippen LogP) is 3.21. The normalized spacial score (nSPS) is 10.5. The Morgan fingerprint density at radius 1 is 1.16 bits per heavy atom. The first-order chi connectivity index (χ1) is 9.15. The van der Waals surface area contributed by atoms with E-state index < -0.39 is 0 Å². The smallest absolute Gasteiger partial charge is 0.305 e. The van der Waals surface area contributed by atoms with E-state index in [1.54, 1.807) is 0 Å². The molecule has 0 radical (unpaired) electrons. The second kappa shape index (κ2) is 5.93. The lowest BCUT2D eigenvalue weighted by molar-refractivity contribution is 0.288. The Labute approximate surface area is 116 Å². The van der Waals surface area contributed by atoms with E-state index in [0.717, 1.165) is 21.9 Å². The monoisotopic (exact) mass is 279 g/mol. The molecule has 0 aliphatic rings. The van der Waals surface area contributed by atoms with Gasteiger partial charge in [-0.2, -0.15) is 0 Å². The molecular weight excluding hydrogens is 262 g/mol. The first-order valence-corrected chi connectivity index (χ1v) is 7.07. The van der Waals surface area contributed by atoms with Gasteiger partial charge in [-0.1, -0.05) is 11.3 Å². The zero-order valence-corrected chi connectivity index (χ0v) is 12.1. The molecule has 5 heteroatoms. The average Bonchev–Trinajstić information content (AvgIpc) is 2.71. The molecule has 4 nitrogen and oxygen atoms in total. The van der Waals surface area contributed by atoms with Gasteiger partial charge < -0.3 is 14.5 Å². The lowest BCUT2D eigenvalue weighted by Gasteiger charge is -2.12. The highest BCUT2D eigenvalue weighted by atomic mass is 32.1. The first-order valence-electron chi connectivity index (χ1n) is 6.25. The van der Waals surface area contributed by atoms with Gasteiger partial charge in [0.1, 0.15) is 0 Å². The molecule has 0 atom stereocenters. The van der Waals surface area contributed by atoms with Gasteiger partial charge in [0.25, 0.3) is 0 Å². The second-order valence-electron chi connectivity index (χ2n) is 3.97. The number of rotatable bonds is 5. The van der Waals surface area contributed by atoms with Crippen LogP contribution in [0.25, 0.3) is 11.3 Å².